The van der Waals surface area contributed by atoms with E-state index in [0.717, 1.165) is 22.2 Å². The highest BCUT2D eigenvalue weighted by molar-refractivity contribution is 6.38. The average molecular weight is 790 g/mol. The zero-order chi connectivity index (χ0) is 39.6. The van der Waals surface area contributed by atoms with Crippen LogP contribution in [0.5, 0.6) is 0 Å². The van der Waals surface area contributed by atoms with Crippen molar-refractivity contribution in [1.29, 1.82) is 0 Å². The number of esters is 1. The fourth-order valence-electron chi connectivity index (χ4n) is 7.48. The van der Waals surface area contributed by atoms with Crippen LogP contribution in [0.3, 0.4) is 0 Å². The molecule has 0 spiro atoms. The van der Waals surface area contributed by atoms with Crippen molar-refractivity contribution in [2.75, 3.05) is 25.5 Å². The Morgan fingerprint density at radius 3 is 1.93 bits per heavy atom. The van der Waals surface area contributed by atoms with E-state index in [4.69, 9.17) is 37.8 Å². The van der Waals surface area contributed by atoms with Gasteiger partial charge >= 0.3 is 12.1 Å². The number of anilines is 1. The molecule has 1 N–H and O–H groups in total. The minimum atomic E-state index is -0.999. The van der Waals surface area contributed by atoms with E-state index in [0.29, 0.717) is 46.7 Å². The number of amides is 2. The van der Waals surface area contributed by atoms with E-state index >= 15 is 0 Å². The number of ether oxygens (including phenoxy) is 2. The summed E-state index contributed by atoms with van der Waals surface area (Å²) >= 11 is 13.2. The van der Waals surface area contributed by atoms with Crippen molar-refractivity contribution < 1.29 is 23.9 Å². The van der Waals surface area contributed by atoms with Crippen LogP contribution in [-0.2, 0) is 19.8 Å². The predicted octanol–water partition coefficient (Wildman–Crippen LogP) is 10.2. The highest BCUT2D eigenvalue weighted by atomic mass is 35.5. The third-order valence-corrected chi connectivity index (χ3v) is 10.7. The summed E-state index contributed by atoms with van der Waals surface area (Å²) < 4.78 is 12.6. The second-order valence-corrected chi connectivity index (χ2v) is 15.7. The first-order valence-electron chi connectivity index (χ1n) is 18.5. The molecule has 56 heavy (non-hydrogen) atoms. The maximum atomic E-state index is 14.3. The molecule has 0 radical (unpaired) electrons. The van der Waals surface area contributed by atoms with E-state index in [2.05, 4.69) is 41.7 Å². The number of fused-ring (bicyclic) bond motifs is 1. The smallest absolute Gasteiger partial charge is 0.410 e. The Kier molecular flexibility index (Phi) is 10.9. The number of hydrogen-bond acceptors (Lipinski definition) is 6. The molecule has 1 saturated heterocycles. The molecule has 5 aromatic carbocycles. The number of aromatic nitrogens is 2. The molecule has 1 aliphatic rings. The van der Waals surface area contributed by atoms with Crippen molar-refractivity contribution in [1.82, 2.24) is 14.7 Å². The molecule has 1 fully saturated rings. The summed E-state index contributed by atoms with van der Waals surface area (Å²) in [6, 6.07) is 39.3. The van der Waals surface area contributed by atoms with Crippen molar-refractivity contribution in [3.8, 4) is 11.1 Å². The summed E-state index contributed by atoms with van der Waals surface area (Å²) in [5, 5.41) is 9.61. The Hall–Kier alpha value is -5.64. The number of carbonyl (C=O) groups is 3. The molecule has 0 bridgehead atoms. The van der Waals surface area contributed by atoms with Gasteiger partial charge in [-0.1, -0.05) is 120 Å². The van der Waals surface area contributed by atoms with Crippen molar-refractivity contribution in [2.45, 2.75) is 44.8 Å². The SMILES string of the molecule is COC(=O)c1cc(-c2ccc3c(c2)c(NC(=O)C2CCCN(C(=O)OC(C)(C)C)C2)nn3C(c2ccccc2)(c2ccccc2)c2ccccc2)c(Cl)cc1Cl. The van der Waals surface area contributed by atoms with E-state index in [1.807, 2.05) is 98.2 Å². The largest absolute Gasteiger partial charge is 0.465 e. The van der Waals surface area contributed by atoms with Gasteiger partial charge in [0.25, 0.3) is 0 Å². The maximum absolute atomic E-state index is 14.3. The van der Waals surface area contributed by atoms with Crippen LogP contribution in [0.25, 0.3) is 22.0 Å². The molecule has 2 amide bonds. The fraction of sp³-hybridized carbons (Fsp3) is 0.244. The molecule has 2 heterocycles. The van der Waals surface area contributed by atoms with Gasteiger partial charge in [-0.15, -0.1) is 0 Å². The van der Waals surface area contributed by atoms with E-state index in [1.165, 1.54) is 13.2 Å². The van der Waals surface area contributed by atoms with Gasteiger partial charge < -0.3 is 19.7 Å². The minimum absolute atomic E-state index is 0.165. The number of piperidine rings is 1. The third kappa shape index (κ3) is 7.49. The molecule has 6 aromatic rings. The molecule has 1 aliphatic heterocycles. The lowest BCUT2D eigenvalue weighted by Crippen LogP contribution is -2.45. The van der Waals surface area contributed by atoms with E-state index in [9.17, 15) is 14.4 Å². The van der Waals surface area contributed by atoms with Crippen LogP contribution in [0, 0.1) is 5.92 Å². The van der Waals surface area contributed by atoms with Gasteiger partial charge in [0.1, 0.15) is 11.1 Å². The van der Waals surface area contributed by atoms with Crippen LogP contribution in [0.1, 0.15) is 60.7 Å². The van der Waals surface area contributed by atoms with Crippen LogP contribution in [-0.4, -0.2) is 58.5 Å². The molecule has 1 atom stereocenters. The maximum Gasteiger partial charge on any atom is 0.410 e. The molecule has 7 rings (SSSR count). The van der Waals surface area contributed by atoms with Gasteiger partial charge in [0.15, 0.2) is 5.82 Å². The third-order valence-electron chi connectivity index (χ3n) is 10.0. The standard InChI is InChI=1S/C45H42Cl2N4O5/c1-44(2,3)56-43(54)50-24-14-15-30(28-50)41(52)48-40-36-25-29(34-26-35(42(53)55-4)38(47)27-37(34)46)22-23-39(36)51(49-40)45(31-16-8-5-9-17-31,32-18-10-6-11-19-32)33-20-12-7-13-21-33/h5-13,16-23,25-27,30H,14-15,24,28H2,1-4H3,(H,48,49,52). The normalized spacial score (nSPS) is 14.7. The summed E-state index contributed by atoms with van der Waals surface area (Å²) in [5.74, 6) is -1.04. The second-order valence-electron chi connectivity index (χ2n) is 14.9. The molecule has 1 unspecified atom stereocenters. The average Bonchev–Trinajstić information content (AvgIpc) is 3.55. The second kappa shape index (κ2) is 15.8. The van der Waals surface area contributed by atoms with Crippen molar-refractivity contribution in [2.24, 2.45) is 5.92 Å². The van der Waals surface area contributed by atoms with E-state index < -0.39 is 29.1 Å². The summed E-state index contributed by atoms with van der Waals surface area (Å²) in [6.45, 7) is 6.18. The van der Waals surface area contributed by atoms with Crippen molar-refractivity contribution >= 4 is 57.9 Å². The Morgan fingerprint density at radius 1 is 0.786 bits per heavy atom. The van der Waals surface area contributed by atoms with Gasteiger partial charge in [-0.3, -0.25) is 4.79 Å². The molecular formula is C45H42Cl2N4O5. The van der Waals surface area contributed by atoms with Crippen LogP contribution >= 0.6 is 23.2 Å². The lowest BCUT2D eigenvalue weighted by molar-refractivity contribution is -0.121. The number of methoxy groups -OCH3 is 1. The zero-order valence-electron chi connectivity index (χ0n) is 31.6. The van der Waals surface area contributed by atoms with Gasteiger partial charge in [0.2, 0.25) is 5.91 Å². The van der Waals surface area contributed by atoms with Gasteiger partial charge in [-0.25, -0.2) is 14.3 Å². The monoisotopic (exact) mass is 788 g/mol. The molecule has 286 valence electrons. The quantitative estimate of drug-likeness (QED) is 0.122. The highest BCUT2D eigenvalue weighted by Gasteiger charge is 2.41. The number of rotatable bonds is 8. The van der Waals surface area contributed by atoms with Crippen LogP contribution in [0.4, 0.5) is 10.6 Å². The Balaban J connectivity index is 1.44. The lowest BCUT2D eigenvalue weighted by atomic mass is 9.77. The number of nitrogens with one attached hydrogen (secondary N) is 1. The van der Waals surface area contributed by atoms with E-state index in [-0.39, 0.29) is 23.0 Å². The van der Waals surface area contributed by atoms with Crippen LogP contribution in [0.2, 0.25) is 10.0 Å². The first-order chi connectivity index (χ1) is 26.9. The highest BCUT2D eigenvalue weighted by Crippen LogP contribution is 2.45. The number of benzene rings is 5. The van der Waals surface area contributed by atoms with Crippen LogP contribution in [0.15, 0.2) is 121 Å². The fourth-order valence-corrected chi connectivity index (χ4v) is 8.05. The van der Waals surface area contributed by atoms with Crippen LogP contribution < -0.4 is 5.32 Å². The molecule has 11 heteroatoms. The number of halogens is 2. The summed E-state index contributed by atoms with van der Waals surface area (Å²) in [6.07, 6.45) is 0.792. The summed E-state index contributed by atoms with van der Waals surface area (Å²) in [5.41, 5.74) is 3.29. The Bertz CT molecular complexity index is 2300. The zero-order valence-corrected chi connectivity index (χ0v) is 33.1. The number of nitrogens with zero attached hydrogens (tertiary/aromatic N) is 3. The van der Waals surface area contributed by atoms with E-state index in [1.54, 1.807) is 11.0 Å². The molecular weight excluding hydrogens is 747 g/mol. The lowest BCUT2D eigenvalue weighted by Gasteiger charge is -2.37. The summed E-state index contributed by atoms with van der Waals surface area (Å²) in [4.78, 5) is 41.6. The van der Waals surface area contributed by atoms with Crippen molar-refractivity contribution in [3.05, 3.63) is 154 Å². The molecule has 0 aliphatic carbocycles. The van der Waals surface area contributed by atoms with Gasteiger partial charge in [-0.05, 0) is 80.1 Å². The summed E-state index contributed by atoms with van der Waals surface area (Å²) in [7, 11) is 1.29. The van der Waals surface area contributed by atoms with Gasteiger partial charge in [0.05, 0.1) is 29.1 Å². The predicted molar refractivity (Wildman–Crippen MR) is 220 cm³/mol. The van der Waals surface area contributed by atoms with Gasteiger partial charge in [0, 0.05) is 29.1 Å². The number of carbonyl (C=O) groups excluding carboxylic acids is 3. The number of hydrogen-bond donors (Lipinski definition) is 1. The Morgan fingerprint density at radius 2 is 1.38 bits per heavy atom. The minimum Gasteiger partial charge on any atom is -0.465 e. The Labute approximate surface area is 336 Å². The van der Waals surface area contributed by atoms with Crippen molar-refractivity contribution in [3.63, 3.8) is 0 Å². The molecule has 9 nitrogen and oxygen atoms in total. The number of likely N-dealkylation sites (tertiary alicyclic amines) is 1. The first-order valence-corrected chi connectivity index (χ1v) is 19.2. The first kappa shape index (κ1) is 38.6. The molecule has 1 aromatic heterocycles. The topological polar surface area (TPSA) is 103 Å². The molecule has 0 saturated carbocycles. The van der Waals surface area contributed by atoms with Gasteiger partial charge in [-0.2, -0.15) is 5.10 Å².